The molecule has 3 nitrogen and oxygen atoms in total. The van der Waals surface area contributed by atoms with Crippen LogP contribution in [0, 0.1) is 6.92 Å². The van der Waals surface area contributed by atoms with Crippen LogP contribution in [0.3, 0.4) is 0 Å². The molecule has 2 aromatic rings. The molecule has 2 heterocycles. The van der Waals surface area contributed by atoms with Gasteiger partial charge >= 0.3 is 0 Å². The van der Waals surface area contributed by atoms with E-state index in [-0.39, 0.29) is 0 Å². The summed E-state index contributed by atoms with van der Waals surface area (Å²) in [6.07, 6.45) is 4.55. The Kier molecular flexibility index (Phi) is 3.83. The van der Waals surface area contributed by atoms with Crippen molar-refractivity contribution in [1.82, 2.24) is 9.88 Å². The van der Waals surface area contributed by atoms with Crippen LogP contribution in [-0.2, 0) is 0 Å². The molecular weight excluding hydrogens is 236 g/mol. The standard InChI is InChI=1S/C16H21N2O/c1-2-3-10-18-11-8-13(9-12-18)16-17-14-6-4-5-7-15(14)19-16/h4-7,13H,1-3,8-12H2. The molecule has 1 aliphatic rings. The molecule has 0 aliphatic carbocycles. The maximum atomic E-state index is 5.88. The zero-order valence-corrected chi connectivity index (χ0v) is 11.3. The van der Waals surface area contributed by atoms with Crippen molar-refractivity contribution in [3.05, 3.63) is 37.1 Å². The summed E-state index contributed by atoms with van der Waals surface area (Å²) in [7, 11) is 0. The molecule has 0 saturated carbocycles. The van der Waals surface area contributed by atoms with E-state index in [1.54, 1.807) is 0 Å². The van der Waals surface area contributed by atoms with E-state index in [2.05, 4.69) is 16.8 Å². The quantitative estimate of drug-likeness (QED) is 0.837. The summed E-state index contributed by atoms with van der Waals surface area (Å²) in [5.74, 6) is 1.42. The van der Waals surface area contributed by atoms with Crippen LogP contribution >= 0.6 is 0 Å². The summed E-state index contributed by atoms with van der Waals surface area (Å²) in [5, 5.41) is 0. The molecule has 1 saturated heterocycles. The van der Waals surface area contributed by atoms with E-state index in [9.17, 15) is 0 Å². The van der Waals surface area contributed by atoms with Crippen LogP contribution in [0.1, 0.15) is 37.5 Å². The van der Waals surface area contributed by atoms with E-state index in [0.717, 1.165) is 49.3 Å². The van der Waals surface area contributed by atoms with Gasteiger partial charge in [-0.25, -0.2) is 4.98 Å². The predicted molar refractivity (Wildman–Crippen MR) is 77.0 cm³/mol. The van der Waals surface area contributed by atoms with Gasteiger partial charge in [0.15, 0.2) is 11.5 Å². The third-order valence-electron chi connectivity index (χ3n) is 3.97. The summed E-state index contributed by atoms with van der Waals surface area (Å²) in [5.41, 5.74) is 1.90. The number of fused-ring (bicyclic) bond motifs is 1. The molecule has 1 aromatic carbocycles. The second-order valence-electron chi connectivity index (χ2n) is 5.34. The third kappa shape index (κ3) is 2.81. The third-order valence-corrected chi connectivity index (χ3v) is 3.97. The lowest BCUT2D eigenvalue weighted by molar-refractivity contribution is 0.199. The Labute approximate surface area is 114 Å². The minimum atomic E-state index is 0.489. The molecule has 1 aliphatic heterocycles. The van der Waals surface area contributed by atoms with Crippen LogP contribution < -0.4 is 0 Å². The Morgan fingerprint density at radius 3 is 2.79 bits per heavy atom. The molecule has 0 amide bonds. The van der Waals surface area contributed by atoms with E-state index in [1.165, 1.54) is 13.0 Å². The molecule has 0 unspecified atom stereocenters. The van der Waals surface area contributed by atoms with Gasteiger partial charge in [0.1, 0.15) is 5.52 Å². The van der Waals surface area contributed by atoms with E-state index >= 15 is 0 Å². The van der Waals surface area contributed by atoms with Crippen molar-refractivity contribution in [2.45, 2.75) is 31.6 Å². The molecule has 101 valence electrons. The maximum Gasteiger partial charge on any atom is 0.198 e. The number of piperidine rings is 1. The molecule has 0 atom stereocenters. The van der Waals surface area contributed by atoms with Gasteiger partial charge in [-0.2, -0.15) is 0 Å². The van der Waals surface area contributed by atoms with Crippen LogP contribution in [0.4, 0.5) is 0 Å². The Bertz CT molecular complexity index is 493. The van der Waals surface area contributed by atoms with Gasteiger partial charge in [0.05, 0.1) is 0 Å². The molecule has 1 aromatic heterocycles. The van der Waals surface area contributed by atoms with Gasteiger partial charge in [-0.05, 0) is 51.0 Å². The van der Waals surface area contributed by atoms with Crippen LogP contribution in [0.25, 0.3) is 11.1 Å². The summed E-state index contributed by atoms with van der Waals surface area (Å²) < 4.78 is 5.88. The second kappa shape index (κ2) is 5.74. The number of benzene rings is 1. The number of para-hydroxylation sites is 2. The number of hydrogen-bond donors (Lipinski definition) is 0. The first-order valence-electron chi connectivity index (χ1n) is 7.24. The van der Waals surface area contributed by atoms with Crippen molar-refractivity contribution in [2.24, 2.45) is 0 Å². The van der Waals surface area contributed by atoms with Crippen molar-refractivity contribution in [3.63, 3.8) is 0 Å². The first kappa shape index (κ1) is 12.7. The monoisotopic (exact) mass is 257 g/mol. The largest absolute Gasteiger partial charge is 0.440 e. The van der Waals surface area contributed by atoms with Gasteiger partial charge in [-0.15, -0.1) is 0 Å². The highest BCUT2D eigenvalue weighted by molar-refractivity contribution is 5.72. The fourth-order valence-electron chi connectivity index (χ4n) is 2.80. The van der Waals surface area contributed by atoms with Gasteiger partial charge in [0.2, 0.25) is 0 Å². The van der Waals surface area contributed by atoms with Crippen molar-refractivity contribution < 1.29 is 4.42 Å². The number of oxazole rings is 1. The molecular formula is C16H21N2O. The van der Waals surface area contributed by atoms with Crippen molar-refractivity contribution in [3.8, 4) is 0 Å². The lowest BCUT2D eigenvalue weighted by atomic mass is 9.96. The van der Waals surface area contributed by atoms with Crippen LogP contribution in [-0.4, -0.2) is 29.5 Å². The van der Waals surface area contributed by atoms with Gasteiger partial charge in [0.25, 0.3) is 0 Å². The summed E-state index contributed by atoms with van der Waals surface area (Å²) >= 11 is 0. The molecule has 3 heteroatoms. The normalized spacial score (nSPS) is 18.2. The number of nitrogens with zero attached hydrogens (tertiary/aromatic N) is 2. The summed E-state index contributed by atoms with van der Waals surface area (Å²) in [6.45, 7) is 7.40. The predicted octanol–water partition coefficient (Wildman–Crippen LogP) is 3.62. The highest BCUT2D eigenvalue weighted by atomic mass is 16.3. The Hall–Kier alpha value is -1.35. The molecule has 0 bridgehead atoms. The van der Waals surface area contributed by atoms with E-state index in [1.807, 2.05) is 24.3 Å². The maximum absolute atomic E-state index is 5.88. The van der Waals surface area contributed by atoms with Crippen molar-refractivity contribution >= 4 is 11.1 Å². The smallest absolute Gasteiger partial charge is 0.198 e. The number of likely N-dealkylation sites (tertiary alicyclic amines) is 1. The van der Waals surface area contributed by atoms with Gasteiger partial charge in [-0.3, -0.25) is 0 Å². The van der Waals surface area contributed by atoms with Gasteiger partial charge in [0, 0.05) is 5.92 Å². The van der Waals surface area contributed by atoms with E-state index < -0.39 is 0 Å². The van der Waals surface area contributed by atoms with Crippen molar-refractivity contribution in [1.29, 1.82) is 0 Å². The Morgan fingerprint density at radius 2 is 2.05 bits per heavy atom. The molecule has 1 fully saturated rings. The molecule has 0 spiro atoms. The zero-order chi connectivity index (χ0) is 13.1. The fraction of sp³-hybridized carbons (Fsp3) is 0.500. The summed E-state index contributed by atoms with van der Waals surface area (Å²) in [4.78, 5) is 7.16. The number of aromatic nitrogens is 1. The van der Waals surface area contributed by atoms with Crippen molar-refractivity contribution in [2.75, 3.05) is 19.6 Å². The lowest BCUT2D eigenvalue weighted by Crippen LogP contribution is -2.33. The average Bonchev–Trinajstić information content (AvgIpc) is 2.89. The minimum absolute atomic E-state index is 0.489. The first-order chi connectivity index (χ1) is 9.36. The van der Waals surface area contributed by atoms with Crippen LogP contribution in [0.5, 0.6) is 0 Å². The van der Waals surface area contributed by atoms with Crippen LogP contribution in [0.15, 0.2) is 28.7 Å². The topological polar surface area (TPSA) is 29.3 Å². The van der Waals surface area contributed by atoms with E-state index in [0.29, 0.717) is 5.92 Å². The molecule has 1 radical (unpaired) electrons. The minimum Gasteiger partial charge on any atom is -0.440 e. The first-order valence-corrected chi connectivity index (χ1v) is 7.24. The SMILES string of the molecule is [CH2]CCCN1CCC(c2nc3ccccc3o2)CC1. The Morgan fingerprint density at radius 1 is 1.26 bits per heavy atom. The average molecular weight is 257 g/mol. The van der Waals surface area contributed by atoms with Crippen LogP contribution in [0.2, 0.25) is 0 Å². The van der Waals surface area contributed by atoms with E-state index in [4.69, 9.17) is 4.42 Å². The molecule has 3 rings (SSSR count). The lowest BCUT2D eigenvalue weighted by Gasteiger charge is -2.30. The summed E-state index contributed by atoms with van der Waals surface area (Å²) in [6, 6.07) is 8.02. The molecule has 19 heavy (non-hydrogen) atoms. The number of hydrogen-bond acceptors (Lipinski definition) is 3. The molecule has 0 N–H and O–H groups in total. The Balaban J connectivity index is 1.64. The second-order valence-corrected chi connectivity index (χ2v) is 5.34. The number of rotatable bonds is 4. The zero-order valence-electron chi connectivity index (χ0n) is 11.3. The van der Waals surface area contributed by atoms with Gasteiger partial charge < -0.3 is 9.32 Å². The highest BCUT2D eigenvalue weighted by Gasteiger charge is 2.24. The fourth-order valence-corrected chi connectivity index (χ4v) is 2.80. The van der Waals surface area contributed by atoms with Gasteiger partial charge in [-0.1, -0.05) is 25.5 Å². The highest BCUT2D eigenvalue weighted by Crippen LogP contribution is 2.29. The number of unbranched alkanes of at least 4 members (excludes halogenated alkanes) is 1.